The molecule has 0 saturated carbocycles. The highest BCUT2D eigenvalue weighted by Crippen LogP contribution is 2.17. The van der Waals surface area contributed by atoms with Gasteiger partial charge < -0.3 is 9.80 Å². The Morgan fingerprint density at radius 3 is 2.12 bits per heavy atom. The minimum Gasteiger partial charge on any atom is -0.335 e. The summed E-state index contributed by atoms with van der Waals surface area (Å²) in [7, 11) is 0. The van der Waals surface area contributed by atoms with Gasteiger partial charge >= 0.3 is 0 Å². The van der Waals surface area contributed by atoms with Crippen molar-refractivity contribution in [2.75, 3.05) is 26.2 Å². The van der Waals surface area contributed by atoms with Crippen molar-refractivity contribution in [1.29, 1.82) is 0 Å². The molecule has 0 N–H and O–H groups in total. The van der Waals surface area contributed by atoms with Crippen molar-refractivity contribution in [2.24, 2.45) is 0 Å². The molecule has 1 fully saturated rings. The number of carbonyl (C=O) groups excluding carboxylic acids is 2. The van der Waals surface area contributed by atoms with Gasteiger partial charge in [0.05, 0.1) is 0 Å². The van der Waals surface area contributed by atoms with E-state index in [1.165, 1.54) is 0 Å². The van der Waals surface area contributed by atoms with Crippen molar-refractivity contribution >= 4 is 23.4 Å². The Kier molecular flexibility index (Phi) is 5.09. The first-order valence-corrected chi connectivity index (χ1v) is 8.75. The SMILES string of the molecule is Cc1ccc(C(=O)N2CCN(C(=O)c3cccc(Cl)c3)CC2)c(C)c1. The first-order valence-electron chi connectivity index (χ1n) is 8.37. The predicted octanol–water partition coefficient (Wildman–Crippen LogP) is 3.56. The third kappa shape index (κ3) is 3.85. The van der Waals surface area contributed by atoms with Gasteiger partial charge in [-0.3, -0.25) is 9.59 Å². The molecule has 0 spiro atoms. The van der Waals surface area contributed by atoms with Crippen LogP contribution in [0.2, 0.25) is 5.02 Å². The Bertz CT molecular complexity index is 811. The number of hydrogen-bond acceptors (Lipinski definition) is 2. The molecule has 1 saturated heterocycles. The van der Waals surface area contributed by atoms with Crippen molar-refractivity contribution in [3.8, 4) is 0 Å². The maximum Gasteiger partial charge on any atom is 0.254 e. The molecule has 2 aromatic rings. The number of benzene rings is 2. The van der Waals surface area contributed by atoms with Crippen LogP contribution in [-0.2, 0) is 0 Å². The first-order chi connectivity index (χ1) is 12.0. The molecular weight excluding hydrogens is 336 g/mol. The van der Waals surface area contributed by atoms with E-state index in [2.05, 4.69) is 0 Å². The van der Waals surface area contributed by atoms with E-state index < -0.39 is 0 Å². The number of carbonyl (C=O) groups is 2. The van der Waals surface area contributed by atoms with Crippen LogP contribution in [0.15, 0.2) is 42.5 Å². The minimum absolute atomic E-state index is 0.0346. The van der Waals surface area contributed by atoms with E-state index in [9.17, 15) is 9.59 Å². The summed E-state index contributed by atoms with van der Waals surface area (Å²) in [5.74, 6) is -0.00605. The Labute approximate surface area is 153 Å². The average molecular weight is 357 g/mol. The van der Waals surface area contributed by atoms with Crippen molar-refractivity contribution in [3.63, 3.8) is 0 Å². The van der Waals surface area contributed by atoms with Gasteiger partial charge in [0.2, 0.25) is 0 Å². The largest absolute Gasteiger partial charge is 0.335 e. The fourth-order valence-corrected chi connectivity index (χ4v) is 3.33. The van der Waals surface area contributed by atoms with E-state index in [0.717, 1.165) is 16.7 Å². The van der Waals surface area contributed by atoms with E-state index in [1.54, 1.807) is 29.2 Å². The van der Waals surface area contributed by atoms with E-state index in [4.69, 9.17) is 11.6 Å². The summed E-state index contributed by atoms with van der Waals surface area (Å²) in [5.41, 5.74) is 3.45. The zero-order valence-electron chi connectivity index (χ0n) is 14.5. The van der Waals surface area contributed by atoms with E-state index in [-0.39, 0.29) is 11.8 Å². The summed E-state index contributed by atoms with van der Waals surface area (Å²) in [5, 5.41) is 0.550. The summed E-state index contributed by atoms with van der Waals surface area (Å²) in [6.45, 7) is 6.11. The predicted molar refractivity (Wildman–Crippen MR) is 99.2 cm³/mol. The molecule has 0 unspecified atom stereocenters. The maximum atomic E-state index is 12.7. The topological polar surface area (TPSA) is 40.6 Å². The number of nitrogens with zero attached hydrogens (tertiary/aromatic N) is 2. The second-order valence-electron chi connectivity index (χ2n) is 6.41. The van der Waals surface area contributed by atoms with Gasteiger partial charge in [0.15, 0.2) is 0 Å². The fraction of sp³-hybridized carbons (Fsp3) is 0.300. The molecule has 0 bridgehead atoms. The number of hydrogen-bond donors (Lipinski definition) is 0. The summed E-state index contributed by atoms with van der Waals surface area (Å²) < 4.78 is 0. The molecule has 4 nitrogen and oxygen atoms in total. The van der Waals surface area contributed by atoms with Crippen molar-refractivity contribution in [1.82, 2.24) is 9.80 Å². The second-order valence-corrected chi connectivity index (χ2v) is 6.85. The molecule has 2 amide bonds. The zero-order valence-corrected chi connectivity index (χ0v) is 15.2. The van der Waals surface area contributed by atoms with Crippen LogP contribution in [0.1, 0.15) is 31.8 Å². The number of aryl methyl sites for hydroxylation is 2. The van der Waals surface area contributed by atoms with Crippen LogP contribution >= 0.6 is 11.6 Å². The third-order valence-corrected chi connectivity index (χ3v) is 4.77. The molecule has 5 heteroatoms. The highest BCUT2D eigenvalue weighted by Gasteiger charge is 2.26. The molecule has 130 valence electrons. The first kappa shape index (κ1) is 17.5. The zero-order chi connectivity index (χ0) is 18.0. The maximum absolute atomic E-state index is 12.7. The molecule has 0 atom stereocenters. The van der Waals surface area contributed by atoms with Gasteiger partial charge in [-0.25, -0.2) is 0 Å². The Morgan fingerprint density at radius 2 is 1.52 bits per heavy atom. The quantitative estimate of drug-likeness (QED) is 0.825. The lowest BCUT2D eigenvalue weighted by Gasteiger charge is -2.35. The van der Waals surface area contributed by atoms with Gasteiger partial charge in [0, 0.05) is 42.3 Å². The molecule has 0 radical (unpaired) electrons. The lowest BCUT2D eigenvalue weighted by atomic mass is 10.0. The molecule has 2 aromatic carbocycles. The van der Waals surface area contributed by atoms with Gasteiger partial charge in [-0.15, -0.1) is 0 Å². The molecule has 0 aliphatic carbocycles. The lowest BCUT2D eigenvalue weighted by molar-refractivity contribution is 0.0535. The smallest absolute Gasteiger partial charge is 0.254 e. The normalized spacial score (nSPS) is 14.5. The van der Waals surface area contributed by atoms with Gasteiger partial charge in [-0.2, -0.15) is 0 Å². The Morgan fingerprint density at radius 1 is 0.880 bits per heavy atom. The third-order valence-electron chi connectivity index (χ3n) is 4.54. The molecular formula is C20H21ClN2O2. The number of piperazine rings is 1. The van der Waals surface area contributed by atoms with Crippen molar-refractivity contribution in [2.45, 2.75) is 13.8 Å². The summed E-state index contributed by atoms with van der Waals surface area (Å²) in [4.78, 5) is 28.9. The monoisotopic (exact) mass is 356 g/mol. The van der Waals surface area contributed by atoms with E-state index in [0.29, 0.717) is 36.8 Å². The van der Waals surface area contributed by atoms with Crippen molar-refractivity contribution in [3.05, 3.63) is 69.7 Å². The summed E-state index contributed by atoms with van der Waals surface area (Å²) in [6.07, 6.45) is 0. The summed E-state index contributed by atoms with van der Waals surface area (Å²) >= 11 is 5.96. The lowest BCUT2D eigenvalue weighted by Crippen LogP contribution is -2.50. The van der Waals surface area contributed by atoms with Crippen molar-refractivity contribution < 1.29 is 9.59 Å². The molecule has 25 heavy (non-hydrogen) atoms. The van der Waals surface area contributed by atoms with Crippen LogP contribution in [0.4, 0.5) is 0 Å². The van der Waals surface area contributed by atoms with Crippen LogP contribution in [0, 0.1) is 13.8 Å². The second kappa shape index (κ2) is 7.28. The van der Waals surface area contributed by atoms with Crippen LogP contribution in [0.5, 0.6) is 0 Å². The van der Waals surface area contributed by atoms with Gasteiger partial charge in [-0.05, 0) is 43.7 Å². The molecule has 0 aromatic heterocycles. The van der Waals surface area contributed by atoms with Crippen LogP contribution in [-0.4, -0.2) is 47.8 Å². The number of halogens is 1. The van der Waals surface area contributed by atoms with E-state index >= 15 is 0 Å². The fourth-order valence-electron chi connectivity index (χ4n) is 3.14. The Balaban J connectivity index is 1.65. The van der Waals surface area contributed by atoms with Crippen LogP contribution in [0.25, 0.3) is 0 Å². The number of rotatable bonds is 2. The van der Waals surface area contributed by atoms with Gasteiger partial charge in [0.1, 0.15) is 0 Å². The number of amides is 2. The standard InChI is InChI=1S/C20H21ClN2O2/c1-14-6-7-18(15(2)12-14)20(25)23-10-8-22(9-11-23)19(24)16-4-3-5-17(21)13-16/h3-7,12-13H,8-11H2,1-2H3. The van der Waals surface area contributed by atoms with Gasteiger partial charge in [0.25, 0.3) is 11.8 Å². The van der Waals surface area contributed by atoms with E-state index in [1.807, 2.05) is 36.9 Å². The summed E-state index contributed by atoms with van der Waals surface area (Å²) in [6, 6.07) is 12.8. The molecule has 1 aliphatic rings. The molecule has 1 aliphatic heterocycles. The molecule has 3 rings (SSSR count). The van der Waals surface area contributed by atoms with Crippen LogP contribution < -0.4 is 0 Å². The highest BCUT2D eigenvalue weighted by atomic mass is 35.5. The van der Waals surface area contributed by atoms with Crippen LogP contribution in [0.3, 0.4) is 0 Å². The van der Waals surface area contributed by atoms with Gasteiger partial charge in [-0.1, -0.05) is 35.4 Å². The highest BCUT2D eigenvalue weighted by molar-refractivity contribution is 6.30. The Hall–Kier alpha value is -2.33. The molecule has 1 heterocycles. The average Bonchev–Trinajstić information content (AvgIpc) is 2.61. The minimum atomic E-state index is -0.0406.